The van der Waals surface area contributed by atoms with E-state index in [2.05, 4.69) is 15.5 Å². The van der Waals surface area contributed by atoms with Crippen molar-refractivity contribution in [3.05, 3.63) is 40.2 Å². The molecule has 118 valence electrons. The van der Waals surface area contributed by atoms with Crippen molar-refractivity contribution in [2.45, 2.75) is 13.3 Å². The third kappa shape index (κ3) is 4.11. The molecule has 0 atom stereocenters. The summed E-state index contributed by atoms with van der Waals surface area (Å²) in [6, 6.07) is 5.63. The largest absolute Gasteiger partial charge is 0.496 e. The predicted molar refractivity (Wildman–Crippen MR) is 84.5 cm³/mol. The summed E-state index contributed by atoms with van der Waals surface area (Å²) in [6.45, 7) is 1.92. The molecule has 0 aliphatic rings. The Morgan fingerprint density at radius 3 is 2.91 bits per heavy atom. The number of hydrogen-bond donors (Lipinski definition) is 1. The van der Waals surface area contributed by atoms with Gasteiger partial charge in [0.1, 0.15) is 28.2 Å². The normalized spacial score (nSPS) is 11.0. The van der Waals surface area contributed by atoms with E-state index in [-0.39, 0.29) is 5.57 Å². The number of aromatic nitrogens is 2. The first-order valence-corrected chi connectivity index (χ1v) is 7.48. The number of carbonyl (C=O) groups excluding carboxylic acids is 1. The number of hydrogen-bond acceptors (Lipinski definition) is 6. The summed E-state index contributed by atoms with van der Waals surface area (Å²) < 4.78 is 18.4. The van der Waals surface area contributed by atoms with E-state index in [4.69, 9.17) is 4.74 Å². The van der Waals surface area contributed by atoms with E-state index < -0.39 is 11.7 Å². The highest BCUT2D eigenvalue weighted by Gasteiger charge is 2.14. The molecule has 1 aromatic heterocycles. The molecule has 0 radical (unpaired) electrons. The third-order valence-corrected chi connectivity index (χ3v) is 3.83. The zero-order valence-corrected chi connectivity index (χ0v) is 13.3. The van der Waals surface area contributed by atoms with Crippen molar-refractivity contribution in [3.63, 3.8) is 0 Å². The predicted octanol–water partition coefficient (Wildman–Crippen LogP) is 2.79. The lowest BCUT2D eigenvalue weighted by Gasteiger charge is -2.05. The maximum atomic E-state index is 13.3. The van der Waals surface area contributed by atoms with Crippen LogP contribution >= 0.6 is 11.3 Å². The monoisotopic (exact) mass is 332 g/mol. The van der Waals surface area contributed by atoms with Crippen molar-refractivity contribution < 1.29 is 13.9 Å². The zero-order valence-electron chi connectivity index (χ0n) is 12.5. The molecule has 8 heteroatoms. The second kappa shape index (κ2) is 7.47. The minimum atomic E-state index is -0.641. The van der Waals surface area contributed by atoms with Crippen LogP contribution in [0.4, 0.5) is 9.52 Å². The second-order valence-electron chi connectivity index (χ2n) is 4.36. The number of nitrogens with one attached hydrogen (secondary N) is 1. The minimum absolute atomic E-state index is 0.192. The van der Waals surface area contributed by atoms with Gasteiger partial charge in [0, 0.05) is 5.56 Å². The van der Waals surface area contributed by atoms with Gasteiger partial charge in [-0.15, -0.1) is 10.2 Å². The molecule has 0 aliphatic heterocycles. The lowest BCUT2D eigenvalue weighted by molar-refractivity contribution is -0.112. The molecular weight excluding hydrogens is 319 g/mol. The first kappa shape index (κ1) is 16.6. The van der Waals surface area contributed by atoms with Gasteiger partial charge in [0.25, 0.3) is 5.91 Å². The third-order valence-electron chi connectivity index (χ3n) is 2.85. The van der Waals surface area contributed by atoms with Crippen LogP contribution in [0.2, 0.25) is 0 Å². The molecule has 0 aliphatic carbocycles. The molecule has 1 N–H and O–H groups in total. The van der Waals surface area contributed by atoms with Crippen LogP contribution in [0.1, 0.15) is 17.5 Å². The molecule has 0 saturated heterocycles. The Morgan fingerprint density at radius 2 is 2.30 bits per heavy atom. The molecule has 0 bridgehead atoms. The Kier molecular flexibility index (Phi) is 5.38. The average Bonchev–Trinajstić information content (AvgIpc) is 3.00. The van der Waals surface area contributed by atoms with Crippen LogP contribution in [0.15, 0.2) is 23.8 Å². The van der Waals surface area contributed by atoms with Crippen LogP contribution in [0.5, 0.6) is 5.75 Å². The Morgan fingerprint density at radius 1 is 1.52 bits per heavy atom. The van der Waals surface area contributed by atoms with Gasteiger partial charge in [-0.1, -0.05) is 18.3 Å². The van der Waals surface area contributed by atoms with Gasteiger partial charge >= 0.3 is 0 Å². The van der Waals surface area contributed by atoms with Gasteiger partial charge < -0.3 is 4.74 Å². The van der Waals surface area contributed by atoms with E-state index in [9.17, 15) is 14.4 Å². The second-order valence-corrected chi connectivity index (χ2v) is 5.43. The number of carbonyl (C=O) groups is 1. The van der Waals surface area contributed by atoms with E-state index in [0.29, 0.717) is 22.9 Å². The van der Waals surface area contributed by atoms with Crippen LogP contribution in [0.3, 0.4) is 0 Å². The number of anilines is 1. The fourth-order valence-corrected chi connectivity index (χ4v) is 2.41. The number of nitrogens with zero attached hydrogens (tertiary/aromatic N) is 3. The minimum Gasteiger partial charge on any atom is -0.496 e. The van der Waals surface area contributed by atoms with Crippen LogP contribution in [-0.4, -0.2) is 23.2 Å². The van der Waals surface area contributed by atoms with Crippen molar-refractivity contribution in [1.82, 2.24) is 10.2 Å². The topological polar surface area (TPSA) is 87.9 Å². The number of nitriles is 1. The molecular formula is C15H13FN4O2S. The molecule has 2 aromatic rings. The lowest BCUT2D eigenvalue weighted by Crippen LogP contribution is -2.13. The maximum Gasteiger partial charge on any atom is 0.268 e. The number of amides is 1. The Balaban J connectivity index is 2.26. The van der Waals surface area contributed by atoms with Gasteiger partial charge in [-0.2, -0.15) is 5.26 Å². The fraction of sp³-hybridized carbons (Fsp3) is 0.200. The van der Waals surface area contributed by atoms with Gasteiger partial charge in [-0.25, -0.2) is 4.39 Å². The molecule has 2 rings (SSSR count). The summed E-state index contributed by atoms with van der Waals surface area (Å²) in [7, 11) is 1.42. The summed E-state index contributed by atoms with van der Waals surface area (Å²) in [5.74, 6) is -0.778. The Hall–Kier alpha value is -2.79. The SMILES string of the molecule is CCc1nnc(NC(=O)C(C#N)=Cc2cc(F)ccc2OC)s1. The standard InChI is InChI=1S/C15H13FN4O2S/c1-3-13-19-20-15(23-13)18-14(21)10(8-17)6-9-7-11(16)4-5-12(9)22-2/h4-7H,3H2,1-2H3,(H,18,20,21). The molecule has 0 saturated carbocycles. The number of rotatable bonds is 5. The van der Waals surface area contributed by atoms with Crippen molar-refractivity contribution in [2.75, 3.05) is 12.4 Å². The van der Waals surface area contributed by atoms with E-state index >= 15 is 0 Å². The molecule has 1 heterocycles. The number of aryl methyl sites for hydroxylation is 1. The van der Waals surface area contributed by atoms with Crippen molar-refractivity contribution in [3.8, 4) is 11.8 Å². The van der Waals surface area contributed by atoms with Gasteiger partial charge in [-0.3, -0.25) is 10.1 Å². The highest BCUT2D eigenvalue weighted by molar-refractivity contribution is 7.15. The highest BCUT2D eigenvalue weighted by atomic mass is 32.1. The summed E-state index contributed by atoms with van der Waals surface area (Å²) in [5.41, 5.74) is 0.104. The van der Waals surface area contributed by atoms with Crippen molar-refractivity contribution in [2.24, 2.45) is 0 Å². The Labute approximate surface area is 136 Å². The highest BCUT2D eigenvalue weighted by Crippen LogP contribution is 2.23. The van der Waals surface area contributed by atoms with E-state index in [1.165, 1.54) is 42.7 Å². The van der Waals surface area contributed by atoms with Crippen LogP contribution in [-0.2, 0) is 11.2 Å². The van der Waals surface area contributed by atoms with Crippen LogP contribution < -0.4 is 10.1 Å². The fourth-order valence-electron chi connectivity index (χ4n) is 1.73. The van der Waals surface area contributed by atoms with Crippen LogP contribution in [0.25, 0.3) is 6.08 Å². The number of ether oxygens (including phenoxy) is 1. The molecule has 0 unspecified atom stereocenters. The number of methoxy groups -OCH3 is 1. The number of halogens is 1. The smallest absolute Gasteiger partial charge is 0.268 e. The summed E-state index contributed by atoms with van der Waals surface area (Å²) in [4.78, 5) is 12.1. The van der Waals surface area contributed by atoms with Gasteiger partial charge in [0.05, 0.1) is 7.11 Å². The molecule has 6 nitrogen and oxygen atoms in total. The summed E-state index contributed by atoms with van der Waals surface area (Å²) >= 11 is 1.23. The van der Waals surface area contributed by atoms with E-state index in [1.54, 1.807) is 6.07 Å². The first-order valence-electron chi connectivity index (χ1n) is 6.66. The summed E-state index contributed by atoms with van der Waals surface area (Å²) in [6.07, 6.45) is 1.97. The lowest BCUT2D eigenvalue weighted by atomic mass is 10.1. The molecule has 0 fully saturated rings. The molecule has 1 amide bonds. The van der Waals surface area contributed by atoms with Crippen molar-refractivity contribution in [1.29, 1.82) is 5.26 Å². The van der Waals surface area contributed by atoms with Gasteiger partial charge in [0.2, 0.25) is 5.13 Å². The maximum absolute atomic E-state index is 13.3. The average molecular weight is 332 g/mol. The zero-order chi connectivity index (χ0) is 16.8. The molecule has 23 heavy (non-hydrogen) atoms. The van der Waals surface area contributed by atoms with Crippen molar-refractivity contribution >= 4 is 28.5 Å². The van der Waals surface area contributed by atoms with Crippen LogP contribution in [0, 0.1) is 17.1 Å². The van der Waals surface area contributed by atoms with E-state index in [1.807, 2.05) is 6.92 Å². The van der Waals surface area contributed by atoms with E-state index in [0.717, 1.165) is 5.01 Å². The Bertz CT molecular complexity index is 795. The quantitative estimate of drug-likeness (QED) is 0.672. The first-order chi connectivity index (χ1) is 11.1. The summed E-state index contributed by atoms with van der Waals surface area (Å²) in [5, 5.41) is 20.4. The van der Waals surface area contributed by atoms with Gasteiger partial charge in [0.15, 0.2) is 0 Å². The molecule has 1 aromatic carbocycles. The number of benzene rings is 1. The van der Waals surface area contributed by atoms with Gasteiger partial charge in [-0.05, 0) is 30.7 Å². The molecule has 0 spiro atoms.